The predicted molar refractivity (Wildman–Crippen MR) is 259 cm³/mol. The summed E-state index contributed by atoms with van der Waals surface area (Å²) in [5.74, 6) is 0.361. The van der Waals surface area contributed by atoms with Crippen molar-refractivity contribution < 1.29 is 28.0 Å². The van der Waals surface area contributed by atoms with Crippen LogP contribution in [-0.2, 0) is 10.0 Å². The molecule has 2 saturated heterocycles. The van der Waals surface area contributed by atoms with Gasteiger partial charge in [-0.3, -0.25) is 24.7 Å². The molecule has 4 saturated carbocycles. The molecular weight excluding hydrogens is 883 g/mol. The lowest BCUT2D eigenvalue weighted by Gasteiger charge is -2.58. The number of H-pyrrole nitrogens is 1. The molecular formula is C51H61N9O7S. The number of fused-ring (bicyclic) bond motifs is 1. The van der Waals surface area contributed by atoms with E-state index < -0.39 is 37.0 Å². The Bertz CT molecular complexity index is 2820. The van der Waals surface area contributed by atoms with Crippen molar-refractivity contribution >= 4 is 44.2 Å². The van der Waals surface area contributed by atoms with Crippen molar-refractivity contribution in [1.82, 2.24) is 29.5 Å². The van der Waals surface area contributed by atoms with Crippen LogP contribution in [0.15, 0.2) is 84.1 Å². The van der Waals surface area contributed by atoms with E-state index in [0.717, 1.165) is 93.7 Å². The number of rotatable bonds is 14. The number of piperazine rings is 1. The standard InChI is InChI=1S/C51H61N9O7S/c1-50(62)15-12-33(13-16-50)29-53-48-44(60(63)64)26-40(31-55-48)68(65,66)56-49(61)43-11-10-37(25-46(43)67-39-24-35-14-19-52-47(35)54-30-39)57-20-17-51(18-21-57)27-38(28-51)59-23-22-58(36-8-9-36)32-45(59)42-5-3-2-4-41(42)34-6-7-34/h2-5,10-11,14,19,24-26,30-31,33-34,36,38,45,62H,6-9,12-13,15-18,20-23,27-29,32H2,1H3,(H,52,54)(H,53,55)(H,56,61)/t33?,45-,50?/m1/s1. The molecule has 0 radical (unpaired) electrons. The Balaban J connectivity index is 0.784. The number of amides is 1. The molecule has 68 heavy (non-hydrogen) atoms. The molecule has 17 heteroatoms. The quantitative estimate of drug-likeness (QED) is 0.0613. The Morgan fingerprint density at radius 1 is 0.912 bits per heavy atom. The molecule has 3 aromatic heterocycles. The summed E-state index contributed by atoms with van der Waals surface area (Å²) < 4.78 is 36.0. The lowest BCUT2D eigenvalue weighted by Crippen LogP contribution is -2.60. The average Bonchev–Trinajstić information content (AvgIpc) is 4.28. The van der Waals surface area contributed by atoms with Gasteiger partial charge in [0.1, 0.15) is 22.0 Å². The fourth-order valence-corrected chi connectivity index (χ4v) is 12.6. The van der Waals surface area contributed by atoms with Crippen molar-refractivity contribution in [3.05, 3.63) is 106 Å². The minimum Gasteiger partial charge on any atom is -0.455 e. The molecule has 2 aromatic carbocycles. The van der Waals surface area contributed by atoms with Crippen LogP contribution in [-0.4, -0.2) is 106 Å². The highest BCUT2D eigenvalue weighted by atomic mass is 32.2. The van der Waals surface area contributed by atoms with Crippen molar-refractivity contribution in [2.45, 2.75) is 119 Å². The van der Waals surface area contributed by atoms with Crippen LogP contribution < -0.4 is 19.7 Å². The largest absolute Gasteiger partial charge is 0.455 e. The third-order valence-electron chi connectivity index (χ3n) is 16.0. The molecule has 1 atom stereocenters. The number of nitrogens with one attached hydrogen (secondary N) is 3. The number of aromatic nitrogens is 3. The Kier molecular flexibility index (Phi) is 11.7. The second-order valence-corrected chi connectivity index (χ2v) is 22.5. The normalized spacial score (nSPS) is 24.7. The first kappa shape index (κ1) is 44.9. The van der Waals surface area contributed by atoms with Gasteiger partial charge in [-0.15, -0.1) is 0 Å². The summed E-state index contributed by atoms with van der Waals surface area (Å²) in [7, 11) is -4.63. The second-order valence-electron chi connectivity index (χ2n) is 20.9. The number of sulfonamides is 1. The van der Waals surface area contributed by atoms with E-state index in [-0.39, 0.29) is 28.5 Å². The third kappa shape index (κ3) is 9.29. The molecule has 4 N–H and O–H groups in total. The summed E-state index contributed by atoms with van der Waals surface area (Å²) >= 11 is 0. The first-order valence-electron chi connectivity index (χ1n) is 24.6. The molecule has 6 aliphatic rings. The van der Waals surface area contributed by atoms with Gasteiger partial charge in [0.15, 0.2) is 0 Å². The minimum absolute atomic E-state index is 0.0337. The van der Waals surface area contributed by atoms with Gasteiger partial charge in [-0.2, -0.15) is 0 Å². The fourth-order valence-electron chi connectivity index (χ4n) is 11.6. The molecule has 1 spiro atoms. The van der Waals surface area contributed by atoms with Gasteiger partial charge >= 0.3 is 5.69 Å². The highest BCUT2D eigenvalue weighted by Crippen LogP contribution is 2.54. The van der Waals surface area contributed by atoms with Crippen LogP contribution in [0.2, 0.25) is 0 Å². The number of nitro groups is 1. The van der Waals surface area contributed by atoms with Crippen LogP contribution in [0.25, 0.3) is 11.0 Å². The van der Waals surface area contributed by atoms with Crippen molar-refractivity contribution in [3.8, 4) is 11.5 Å². The van der Waals surface area contributed by atoms with Crippen LogP contribution in [0.1, 0.15) is 117 Å². The Hall–Kier alpha value is -5.62. The predicted octanol–water partition coefficient (Wildman–Crippen LogP) is 8.28. The lowest BCUT2D eigenvalue weighted by atomic mass is 9.59. The van der Waals surface area contributed by atoms with Gasteiger partial charge in [0, 0.05) is 86.8 Å². The molecule has 6 fully saturated rings. The highest BCUT2D eigenvalue weighted by molar-refractivity contribution is 7.90. The molecule has 1 amide bonds. The lowest BCUT2D eigenvalue weighted by molar-refractivity contribution is -0.384. The van der Waals surface area contributed by atoms with E-state index in [1.165, 1.54) is 38.5 Å². The third-order valence-corrected chi connectivity index (χ3v) is 17.3. The molecule has 2 aliphatic heterocycles. The van der Waals surface area contributed by atoms with Crippen molar-refractivity contribution in [1.29, 1.82) is 0 Å². The molecule has 358 valence electrons. The number of anilines is 2. The molecule has 0 unspecified atom stereocenters. The van der Waals surface area contributed by atoms with E-state index in [4.69, 9.17) is 4.74 Å². The average molecular weight is 944 g/mol. The number of benzene rings is 2. The number of ether oxygens (including phenoxy) is 1. The molecule has 5 aromatic rings. The number of hydrogen-bond acceptors (Lipinski definition) is 13. The summed E-state index contributed by atoms with van der Waals surface area (Å²) in [6.45, 7) is 7.27. The smallest absolute Gasteiger partial charge is 0.312 e. The van der Waals surface area contributed by atoms with E-state index >= 15 is 0 Å². The van der Waals surface area contributed by atoms with Gasteiger partial charge in [-0.05, 0) is 137 Å². The summed E-state index contributed by atoms with van der Waals surface area (Å²) in [4.78, 5) is 44.5. The van der Waals surface area contributed by atoms with Crippen LogP contribution in [0, 0.1) is 21.4 Å². The number of aromatic amines is 1. The number of hydrogen-bond donors (Lipinski definition) is 4. The van der Waals surface area contributed by atoms with Crippen LogP contribution in [0.5, 0.6) is 11.5 Å². The maximum atomic E-state index is 14.0. The van der Waals surface area contributed by atoms with Gasteiger partial charge in [0.25, 0.3) is 15.9 Å². The molecule has 11 rings (SSSR count). The zero-order chi connectivity index (χ0) is 46.8. The van der Waals surface area contributed by atoms with E-state index in [1.54, 1.807) is 48.6 Å². The van der Waals surface area contributed by atoms with Gasteiger partial charge in [0.05, 0.1) is 28.5 Å². The van der Waals surface area contributed by atoms with Gasteiger partial charge < -0.3 is 25.0 Å². The Morgan fingerprint density at radius 3 is 2.41 bits per heavy atom. The van der Waals surface area contributed by atoms with Gasteiger partial charge in [0.2, 0.25) is 5.82 Å². The second kappa shape index (κ2) is 17.7. The van der Waals surface area contributed by atoms with E-state index in [9.17, 15) is 28.4 Å². The van der Waals surface area contributed by atoms with Gasteiger partial charge in [-0.1, -0.05) is 24.3 Å². The fraction of sp³-hybridized carbons (Fsp3) is 0.510. The highest BCUT2D eigenvalue weighted by Gasteiger charge is 2.51. The van der Waals surface area contributed by atoms with Crippen molar-refractivity contribution in [2.75, 3.05) is 49.5 Å². The van der Waals surface area contributed by atoms with E-state index in [2.05, 4.69) is 64.0 Å². The first-order chi connectivity index (χ1) is 32.8. The number of piperidine rings is 1. The Labute approximate surface area is 397 Å². The van der Waals surface area contributed by atoms with E-state index in [1.807, 2.05) is 12.1 Å². The molecule has 0 bridgehead atoms. The summed E-state index contributed by atoms with van der Waals surface area (Å²) in [5.41, 5.74) is 3.65. The maximum Gasteiger partial charge on any atom is 0.312 e. The van der Waals surface area contributed by atoms with Crippen molar-refractivity contribution in [2.24, 2.45) is 11.3 Å². The van der Waals surface area contributed by atoms with Crippen LogP contribution in [0.3, 0.4) is 0 Å². The molecule has 5 heterocycles. The molecule has 16 nitrogen and oxygen atoms in total. The van der Waals surface area contributed by atoms with E-state index in [0.29, 0.717) is 42.9 Å². The van der Waals surface area contributed by atoms with Crippen molar-refractivity contribution in [3.63, 3.8) is 0 Å². The summed E-state index contributed by atoms with van der Waals surface area (Å²) in [6, 6.07) is 20.8. The molecule has 4 aliphatic carbocycles. The Morgan fingerprint density at radius 2 is 1.68 bits per heavy atom. The topological polar surface area (TPSA) is 199 Å². The van der Waals surface area contributed by atoms with Crippen LogP contribution >= 0.6 is 0 Å². The summed E-state index contributed by atoms with van der Waals surface area (Å²) in [5, 5.41) is 26.3. The first-order valence-corrected chi connectivity index (χ1v) is 26.0. The zero-order valence-corrected chi connectivity index (χ0v) is 39.4. The van der Waals surface area contributed by atoms with Gasteiger partial charge in [-0.25, -0.2) is 23.1 Å². The maximum absolute atomic E-state index is 14.0. The number of carbonyl (C=O) groups is 1. The number of pyridine rings is 2. The number of carbonyl (C=O) groups excluding carboxylic acids is 1. The minimum atomic E-state index is -4.63. The summed E-state index contributed by atoms with van der Waals surface area (Å²) in [6.07, 6.45) is 16.8. The zero-order valence-electron chi connectivity index (χ0n) is 38.6. The number of nitrogens with zero attached hydrogens (tertiary/aromatic N) is 6. The monoisotopic (exact) mass is 943 g/mol. The van der Waals surface area contributed by atoms with Crippen LogP contribution in [0.4, 0.5) is 17.2 Å². The number of aliphatic hydroxyl groups is 1. The SMILES string of the molecule is CC1(O)CCC(CNc2ncc(S(=O)(=O)NC(=O)c3ccc(N4CCC5(CC4)CC(N4CCN(C6CC6)C[C@@H]4c4ccccc4C4CC4)C5)cc3Oc3cnc4[nH]ccc4c3)cc2[N+](=O)[O-])CC1.